The average molecular weight is 349 g/mol. The molecule has 0 saturated carbocycles. The lowest BCUT2D eigenvalue weighted by atomic mass is 10.1. The maximum Gasteiger partial charge on any atom is 0.291 e. The number of amides is 1. The first-order valence-corrected chi connectivity index (χ1v) is 9.42. The SMILES string of the molecule is CCOC(=N[C@@H](C)CCC[NH+](CC)CC)NC(=O)c1cccc(C)c1. The van der Waals surface area contributed by atoms with E-state index in [0.717, 1.165) is 38.0 Å². The molecule has 0 bridgehead atoms. The molecular weight excluding hydrogens is 314 g/mol. The van der Waals surface area contributed by atoms with Crippen LogP contribution in [0.25, 0.3) is 0 Å². The van der Waals surface area contributed by atoms with Gasteiger partial charge < -0.3 is 9.64 Å². The maximum absolute atomic E-state index is 12.4. The summed E-state index contributed by atoms with van der Waals surface area (Å²) in [6.07, 6.45) is 2.10. The summed E-state index contributed by atoms with van der Waals surface area (Å²) in [7, 11) is 0. The molecule has 1 atom stereocenters. The third-order valence-electron chi connectivity index (χ3n) is 4.27. The second-order valence-corrected chi connectivity index (χ2v) is 6.39. The van der Waals surface area contributed by atoms with Gasteiger partial charge in [0.2, 0.25) is 0 Å². The van der Waals surface area contributed by atoms with Crippen LogP contribution in [0.15, 0.2) is 29.3 Å². The first kappa shape index (κ1) is 21.2. The van der Waals surface area contributed by atoms with E-state index in [9.17, 15) is 4.79 Å². The minimum absolute atomic E-state index is 0.120. The Morgan fingerprint density at radius 2 is 2.00 bits per heavy atom. The number of carbonyl (C=O) groups is 1. The van der Waals surface area contributed by atoms with Gasteiger partial charge >= 0.3 is 0 Å². The van der Waals surface area contributed by atoms with Crippen LogP contribution in [0.5, 0.6) is 0 Å². The largest absolute Gasteiger partial charge is 0.465 e. The molecule has 1 aromatic carbocycles. The van der Waals surface area contributed by atoms with Gasteiger partial charge in [-0.1, -0.05) is 17.7 Å². The lowest BCUT2D eigenvalue weighted by molar-refractivity contribution is -0.896. The predicted molar refractivity (Wildman–Crippen MR) is 103 cm³/mol. The molecule has 140 valence electrons. The highest BCUT2D eigenvalue weighted by atomic mass is 16.5. The topological polar surface area (TPSA) is 55.1 Å². The van der Waals surface area contributed by atoms with Crippen LogP contribution in [0.4, 0.5) is 0 Å². The molecule has 2 N–H and O–H groups in total. The van der Waals surface area contributed by atoms with E-state index in [2.05, 4.69) is 31.1 Å². The van der Waals surface area contributed by atoms with Gasteiger partial charge in [0.05, 0.1) is 32.3 Å². The Hall–Kier alpha value is -1.88. The molecule has 25 heavy (non-hydrogen) atoms. The highest BCUT2D eigenvalue weighted by Gasteiger charge is 2.12. The zero-order valence-electron chi connectivity index (χ0n) is 16.4. The van der Waals surface area contributed by atoms with E-state index >= 15 is 0 Å². The number of nitrogens with one attached hydrogen (secondary N) is 2. The van der Waals surface area contributed by atoms with Crippen molar-refractivity contribution in [2.24, 2.45) is 4.99 Å². The molecule has 5 nitrogen and oxygen atoms in total. The monoisotopic (exact) mass is 348 g/mol. The number of rotatable bonds is 9. The Labute approximate surface area is 152 Å². The first-order chi connectivity index (χ1) is 12.0. The summed E-state index contributed by atoms with van der Waals surface area (Å²) in [5.74, 6) is -0.185. The van der Waals surface area contributed by atoms with Gasteiger partial charge in [0.15, 0.2) is 0 Å². The van der Waals surface area contributed by atoms with Gasteiger partial charge in [-0.3, -0.25) is 10.1 Å². The molecule has 0 aliphatic rings. The quantitative estimate of drug-likeness (QED) is 0.531. The van der Waals surface area contributed by atoms with Crippen LogP contribution >= 0.6 is 0 Å². The van der Waals surface area contributed by atoms with Gasteiger partial charge in [-0.25, -0.2) is 4.99 Å². The number of hydrogen-bond acceptors (Lipinski definition) is 3. The Morgan fingerprint density at radius 1 is 1.28 bits per heavy atom. The van der Waals surface area contributed by atoms with E-state index < -0.39 is 0 Å². The number of ether oxygens (including phenoxy) is 1. The standard InChI is InChI=1S/C20H33N3O2/c1-6-23(7-2)14-10-12-17(5)21-20(25-8-3)22-19(24)18-13-9-11-16(4)15-18/h9,11,13,15,17H,6-8,10,12,14H2,1-5H3,(H,21,22,24)/p+1/t17-/m0/s1. The Kier molecular flexibility index (Phi) is 9.85. The molecule has 1 amide bonds. The van der Waals surface area contributed by atoms with E-state index in [1.165, 1.54) is 0 Å². The number of aryl methyl sites for hydroxylation is 1. The van der Waals surface area contributed by atoms with E-state index in [-0.39, 0.29) is 11.9 Å². The molecule has 0 fully saturated rings. The zero-order valence-corrected chi connectivity index (χ0v) is 16.4. The van der Waals surface area contributed by atoms with E-state index in [1.807, 2.05) is 32.0 Å². The van der Waals surface area contributed by atoms with Crippen molar-refractivity contribution in [1.82, 2.24) is 5.32 Å². The Balaban J connectivity index is 2.61. The fraction of sp³-hybridized carbons (Fsp3) is 0.600. The second-order valence-electron chi connectivity index (χ2n) is 6.39. The third kappa shape index (κ3) is 8.16. The molecule has 5 heteroatoms. The normalized spacial score (nSPS) is 13.0. The Morgan fingerprint density at radius 3 is 2.60 bits per heavy atom. The van der Waals surface area contributed by atoms with Gasteiger partial charge in [-0.05, 0) is 59.6 Å². The summed E-state index contributed by atoms with van der Waals surface area (Å²) in [4.78, 5) is 18.5. The molecule has 1 aromatic rings. The van der Waals surface area contributed by atoms with Crippen molar-refractivity contribution in [2.75, 3.05) is 26.2 Å². The summed E-state index contributed by atoms with van der Waals surface area (Å²) >= 11 is 0. The first-order valence-electron chi connectivity index (χ1n) is 9.42. The molecule has 0 aliphatic carbocycles. The van der Waals surface area contributed by atoms with Gasteiger partial charge in [0, 0.05) is 5.56 Å². The molecule has 0 aliphatic heterocycles. The molecule has 0 spiro atoms. The van der Waals surface area contributed by atoms with Crippen molar-refractivity contribution in [3.05, 3.63) is 35.4 Å². The number of quaternary nitrogens is 1. The second kappa shape index (κ2) is 11.6. The smallest absolute Gasteiger partial charge is 0.291 e. The fourth-order valence-corrected chi connectivity index (χ4v) is 2.71. The van der Waals surface area contributed by atoms with E-state index in [0.29, 0.717) is 18.2 Å². The minimum atomic E-state index is -0.185. The molecule has 0 aromatic heterocycles. The van der Waals surface area contributed by atoms with Crippen molar-refractivity contribution >= 4 is 11.9 Å². The molecule has 0 unspecified atom stereocenters. The number of hydrogen-bond donors (Lipinski definition) is 2. The van der Waals surface area contributed by atoms with Crippen LogP contribution in [0.2, 0.25) is 0 Å². The average Bonchev–Trinajstić information content (AvgIpc) is 2.59. The van der Waals surface area contributed by atoms with Crippen molar-refractivity contribution in [1.29, 1.82) is 0 Å². The van der Waals surface area contributed by atoms with Crippen LogP contribution in [0.3, 0.4) is 0 Å². The maximum atomic E-state index is 12.4. The lowest BCUT2D eigenvalue weighted by Crippen LogP contribution is -3.11. The molecular formula is C20H34N3O2+. The van der Waals surface area contributed by atoms with E-state index in [4.69, 9.17) is 4.74 Å². The Bertz CT molecular complexity index is 554. The van der Waals surface area contributed by atoms with E-state index in [1.54, 1.807) is 11.0 Å². The van der Waals surface area contributed by atoms with Crippen LogP contribution in [0.1, 0.15) is 56.5 Å². The van der Waals surface area contributed by atoms with Crippen molar-refractivity contribution in [2.45, 2.75) is 53.5 Å². The highest BCUT2D eigenvalue weighted by Crippen LogP contribution is 2.05. The van der Waals surface area contributed by atoms with Crippen LogP contribution in [-0.2, 0) is 4.74 Å². The zero-order chi connectivity index (χ0) is 18.7. The van der Waals surface area contributed by atoms with Gasteiger partial charge in [-0.15, -0.1) is 0 Å². The highest BCUT2D eigenvalue weighted by molar-refractivity contribution is 6.04. The fourth-order valence-electron chi connectivity index (χ4n) is 2.71. The van der Waals surface area contributed by atoms with Crippen LogP contribution in [0, 0.1) is 6.92 Å². The predicted octanol–water partition coefficient (Wildman–Crippen LogP) is 2.21. The van der Waals surface area contributed by atoms with Crippen LogP contribution in [-0.4, -0.2) is 44.2 Å². The summed E-state index contributed by atoms with van der Waals surface area (Å²) in [6, 6.07) is 7.93. The minimum Gasteiger partial charge on any atom is -0.465 e. The number of aliphatic imine (C=N–C) groups is 1. The summed E-state index contributed by atoms with van der Waals surface area (Å²) in [5, 5.41) is 2.80. The molecule has 0 radical (unpaired) electrons. The molecule has 1 rings (SSSR count). The summed E-state index contributed by atoms with van der Waals surface area (Å²) in [5.41, 5.74) is 1.67. The number of carbonyl (C=O) groups excluding carboxylic acids is 1. The molecule has 0 saturated heterocycles. The van der Waals surface area contributed by atoms with Crippen molar-refractivity contribution < 1.29 is 14.4 Å². The number of nitrogens with zero attached hydrogens (tertiary/aromatic N) is 1. The summed E-state index contributed by atoms with van der Waals surface area (Å²) in [6.45, 7) is 14.3. The summed E-state index contributed by atoms with van der Waals surface area (Å²) < 4.78 is 5.52. The van der Waals surface area contributed by atoms with Gasteiger partial charge in [0.1, 0.15) is 0 Å². The van der Waals surface area contributed by atoms with Gasteiger partial charge in [0.25, 0.3) is 11.9 Å². The van der Waals surface area contributed by atoms with Gasteiger partial charge in [-0.2, -0.15) is 0 Å². The van der Waals surface area contributed by atoms with Crippen LogP contribution < -0.4 is 10.2 Å². The van der Waals surface area contributed by atoms with Crippen molar-refractivity contribution in [3.63, 3.8) is 0 Å². The number of amidine groups is 1. The lowest BCUT2D eigenvalue weighted by Gasteiger charge is -2.16. The number of benzene rings is 1. The molecule has 0 heterocycles. The third-order valence-corrected chi connectivity index (χ3v) is 4.27. The van der Waals surface area contributed by atoms with Crippen molar-refractivity contribution in [3.8, 4) is 0 Å².